The molecular formula is C13H16ClN3O3S. The van der Waals surface area contributed by atoms with E-state index in [0.29, 0.717) is 0 Å². The number of amides is 1. The summed E-state index contributed by atoms with van der Waals surface area (Å²) < 4.78 is 25.6. The van der Waals surface area contributed by atoms with Crippen LogP contribution in [0.5, 0.6) is 0 Å². The molecule has 1 aromatic rings. The van der Waals surface area contributed by atoms with E-state index < -0.39 is 15.9 Å². The Hall–Kier alpha value is -1.62. The van der Waals surface area contributed by atoms with Crippen LogP contribution in [-0.4, -0.2) is 38.3 Å². The molecule has 1 N–H and O–H groups in total. The monoisotopic (exact) mass is 329 g/mol. The van der Waals surface area contributed by atoms with Gasteiger partial charge in [0.15, 0.2) is 0 Å². The van der Waals surface area contributed by atoms with E-state index in [1.165, 1.54) is 25.2 Å². The number of likely N-dealkylation sites (N-methyl/N-ethyl adjacent to an activating group) is 1. The Bertz CT molecular complexity index is 680. The minimum absolute atomic E-state index is 0.0543. The van der Waals surface area contributed by atoms with Crippen LogP contribution in [0.25, 0.3) is 0 Å². The first kappa shape index (κ1) is 17.4. The van der Waals surface area contributed by atoms with Crippen molar-refractivity contribution in [2.24, 2.45) is 0 Å². The third kappa shape index (κ3) is 4.43. The lowest BCUT2D eigenvalue weighted by Gasteiger charge is -2.18. The second-order valence-electron chi connectivity index (χ2n) is 4.74. The predicted octanol–water partition coefficient (Wildman–Crippen LogP) is 1.36. The van der Waals surface area contributed by atoms with E-state index in [4.69, 9.17) is 16.9 Å². The topological polar surface area (TPSA) is 90.3 Å². The van der Waals surface area contributed by atoms with Crippen molar-refractivity contribution >= 4 is 27.5 Å². The number of carbonyl (C=O) groups excluding carboxylic acids is 1. The van der Waals surface area contributed by atoms with Crippen LogP contribution in [0.2, 0.25) is 5.02 Å². The summed E-state index contributed by atoms with van der Waals surface area (Å²) in [4.78, 5) is 11.6. The van der Waals surface area contributed by atoms with Gasteiger partial charge in [0.25, 0.3) is 0 Å². The SMILES string of the molecule is CC(C)NC(=O)CN(C)S(=O)(=O)c1ccc(C#N)c(Cl)c1. The average Bonchev–Trinajstić information content (AvgIpc) is 2.37. The molecule has 0 bridgehead atoms. The minimum Gasteiger partial charge on any atom is -0.353 e. The van der Waals surface area contributed by atoms with Crippen LogP contribution in [0.4, 0.5) is 0 Å². The maximum absolute atomic E-state index is 12.3. The zero-order valence-electron chi connectivity index (χ0n) is 11.9. The maximum atomic E-state index is 12.3. The van der Waals surface area contributed by atoms with Crippen LogP contribution in [0.1, 0.15) is 19.4 Å². The quantitative estimate of drug-likeness (QED) is 0.883. The van der Waals surface area contributed by atoms with Gasteiger partial charge in [-0.15, -0.1) is 0 Å². The standard InChI is InChI=1S/C13H16ClN3O3S/c1-9(2)16-13(18)8-17(3)21(19,20)11-5-4-10(7-15)12(14)6-11/h4-6,9H,8H2,1-3H3,(H,16,18). The summed E-state index contributed by atoms with van der Waals surface area (Å²) in [7, 11) is -2.53. The van der Waals surface area contributed by atoms with Gasteiger partial charge in [-0.05, 0) is 32.0 Å². The Morgan fingerprint density at radius 2 is 2.10 bits per heavy atom. The van der Waals surface area contributed by atoms with E-state index in [1.54, 1.807) is 13.8 Å². The highest BCUT2D eigenvalue weighted by Crippen LogP contribution is 2.22. The summed E-state index contributed by atoms with van der Waals surface area (Å²) in [6.45, 7) is 3.28. The molecule has 114 valence electrons. The van der Waals surface area contributed by atoms with E-state index >= 15 is 0 Å². The average molecular weight is 330 g/mol. The number of hydrogen-bond donors (Lipinski definition) is 1. The van der Waals surface area contributed by atoms with Crippen molar-refractivity contribution < 1.29 is 13.2 Å². The first-order valence-electron chi connectivity index (χ1n) is 6.14. The third-order valence-corrected chi connectivity index (χ3v) is 4.70. The van der Waals surface area contributed by atoms with Crippen molar-refractivity contribution in [3.05, 3.63) is 28.8 Å². The zero-order valence-corrected chi connectivity index (χ0v) is 13.5. The van der Waals surface area contributed by atoms with Gasteiger partial charge in [0.1, 0.15) is 6.07 Å². The van der Waals surface area contributed by atoms with E-state index in [2.05, 4.69) is 5.32 Å². The fraction of sp³-hybridized carbons (Fsp3) is 0.385. The molecule has 0 saturated carbocycles. The number of nitriles is 1. The lowest BCUT2D eigenvalue weighted by molar-refractivity contribution is -0.121. The van der Waals surface area contributed by atoms with Crippen molar-refractivity contribution in [2.45, 2.75) is 24.8 Å². The number of halogens is 1. The highest BCUT2D eigenvalue weighted by molar-refractivity contribution is 7.89. The van der Waals surface area contributed by atoms with E-state index in [0.717, 1.165) is 4.31 Å². The van der Waals surface area contributed by atoms with Gasteiger partial charge in [0, 0.05) is 13.1 Å². The van der Waals surface area contributed by atoms with Crippen molar-refractivity contribution in [3.8, 4) is 6.07 Å². The molecule has 1 amide bonds. The van der Waals surface area contributed by atoms with Gasteiger partial charge in [-0.25, -0.2) is 8.42 Å². The summed E-state index contributed by atoms with van der Waals surface area (Å²) in [6, 6.07) is 5.60. The lowest BCUT2D eigenvalue weighted by Crippen LogP contribution is -2.40. The Kier molecular flexibility index (Phi) is 5.72. The predicted molar refractivity (Wildman–Crippen MR) is 79.3 cm³/mol. The van der Waals surface area contributed by atoms with Crippen LogP contribution in [0, 0.1) is 11.3 Å². The summed E-state index contributed by atoms with van der Waals surface area (Å²) in [5, 5.41) is 11.4. The van der Waals surface area contributed by atoms with E-state index in [1.807, 2.05) is 6.07 Å². The molecule has 0 fully saturated rings. The number of hydrogen-bond acceptors (Lipinski definition) is 4. The molecule has 0 aliphatic rings. The summed E-state index contributed by atoms with van der Waals surface area (Å²) in [5.41, 5.74) is 0.191. The molecule has 0 spiro atoms. The molecule has 1 rings (SSSR count). The fourth-order valence-electron chi connectivity index (χ4n) is 1.58. The molecule has 6 nitrogen and oxygen atoms in total. The zero-order chi connectivity index (χ0) is 16.2. The Labute approximate surface area is 129 Å². The third-order valence-electron chi connectivity index (χ3n) is 2.59. The molecule has 0 aliphatic heterocycles. The first-order chi connectivity index (χ1) is 9.68. The normalized spacial score (nSPS) is 11.5. The van der Waals surface area contributed by atoms with E-state index in [9.17, 15) is 13.2 Å². The molecule has 0 radical (unpaired) electrons. The highest BCUT2D eigenvalue weighted by Gasteiger charge is 2.23. The summed E-state index contributed by atoms with van der Waals surface area (Å²) >= 11 is 5.83. The molecular weight excluding hydrogens is 314 g/mol. The molecule has 0 unspecified atom stereocenters. The number of nitrogens with zero attached hydrogens (tertiary/aromatic N) is 2. The van der Waals surface area contributed by atoms with Gasteiger partial charge in [-0.1, -0.05) is 11.6 Å². The molecule has 0 aliphatic carbocycles. The smallest absolute Gasteiger partial charge is 0.243 e. The van der Waals surface area contributed by atoms with Crippen LogP contribution in [0.15, 0.2) is 23.1 Å². The van der Waals surface area contributed by atoms with Crippen molar-refractivity contribution in [2.75, 3.05) is 13.6 Å². The molecule has 1 aromatic carbocycles. The molecule has 0 heterocycles. The van der Waals surface area contributed by atoms with Crippen LogP contribution in [0.3, 0.4) is 0 Å². The van der Waals surface area contributed by atoms with Crippen LogP contribution in [-0.2, 0) is 14.8 Å². The number of carbonyl (C=O) groups is 1. The summed E-state index contributed by atoms with van der Waals surface area (Å²) in [6.07, 6.45) is 0. The number of rotatable bonds is 5. The lowest BCUT2D eigenvalue weighted by atomic mass is 10.2. The van der Waals surface area contributed by atoms with Gasteiger partial charge < -0.3 is 5.32 Å². The molecule has 0 saturated heterocycles. The van der Waals surface area contributed by atoms with Gasteiger partial charge in [0.2, 0.25) is 15.9 Å². The fourth-order valence-corrected chi connectivity index (χ4v) is 3.02. The van der Waals surface area contributed by atoms with Crippen LogP contribution < -0.4 is 5.32 Å². The Morgan fingerprint density at radius 3 is 2.57 bits per heavy atom. The van der Waals surface area contributed by atoms with Gasteiger partial charge >= 0.3 is 0 Å². The van der Waals surface area contributed by atoms with Crippen LogP contribution >= 0.6 is 11.6 Å². The number of benzene rings is 1. The first-order valence-corrected chi connectivity index (χ1v) is 7.95. The number of nitrogens with one attached hydrogen (secondary N) is 1. The largest absolute Gasteiger partial charge is 0.353 e. The van der Waals surface area contributed by atoms with Gasteiger partial charge in [0.05, 0.1) is 22.0 Å². The maximum Gasteiger partial charge on any atom is 0.243 e. The molecule has 21 heavy (non-hydrogen) atoms. The highest BCUT2D eigenvalue weighted by atomic mass is 35.5. The minimum atomic E-state index is -3.84. The summed E-state index contributed by atoms with van der Waals surface area (Å²) in [5.74, 6) is -0.393. The second-order valence-corrected chi connectivity index (χ2v) is 7.19. The Balaban J connectivity index is 2.98. The van der Waals surface area contributed by atoms with Gasteiger partial charge in [-0.2, -0.15) is 9.57 Å². The second kappa shape index (κ2) is 6.89. The molecule has 0 atom stereocenters. The Morgan fingerprint density at radius 1 is 1.48 bits per heavy atom. The molecule has 8 heteroatoms. The van der Waals surface area contributed by atoms with Gasteiger partial charge in [-0.3, -0.25) is 4.79 Å². The molecule has 0 aromatic heterocycles. The van der Waals surface area contributed by atoms with Crippen molar-refractivity contribution in [1.82, 2.24) is 9.62 Å². The van der Waals surface area contributed by atoms with Crippen molar-refractivity contribution in [1.29, 1.82) is 5.26 Å². The van der Waals surface area contributed by atoms with E-state index in [-0.39, 0.29) is 28.1 Å². The van der Waals surface area contributed by atoms with Crippen molar-refractivity contribution in [3.63, 3.8) is 0 Å². The number of sulfonamides is 1.